The zero-order valence-electron chi connectivity index (χ0n) is 13.9. The zero-order valence-corrected chi connectivity index (χ0v) is 15.4. The van der Waals surface area contributed by atoms with E-state index in [0.717, 1.165) is 11.3 Å². The van der Waals surface area contributed by atoms with E-state index in [2.05, 4.69) is 16.3 Å². The molecule has 0 radical (unpaired) electrons. The van der Waals surface area contributed by atoms with Gasteiger partial charge in [0, 0.05) is 16.3 Å². The summed E-state index contributed by atoms with van der Waals surface area (Å²) in [5, 5.41) is 9.20. The minimum Gasteiger partial charge on any atom is -0.496 e. The highest BCUT2D eigenvalue weighted by atomic mass is 35.5. The summed E-state index contributed by atoms with van der Waals surface area (Å²) in [6.07, 6.45) is 0. The van der Waals surface area contributed by atoms with Crippen LogP contribution in [-0.4, -0.2) is 17.3 Å². The van der Waals surface area contributed by atoms with Crippen LogP contribution in [0.3, 0.4) is 0 Å². The monoisotopic (exact) mass is 376 g/mol. The largest absolute Gasteiger partial charge is 0.496 e. The molecule has 0 bridgehead atoms. The molecule has 0 atom stereocenters. The van der Waals surface area contributed by atoms with Crippen LogP contribution in [0.5, 0.6) is 11.5 Å². The number of ether oxygens (including phenoxy) is 2. The van der Waals surface area contributed by atoms with Crippen molar-refractivity contribution in [1.29, 1.82) is 0 Å². The van der Waals surface area contributed by atoms with Crippen LogP contribution >= 0.6 is 23.4 Å². The number of aromatic nitrogens is 2. The Morgan fingerprint density at radius 2 is 1.92 bits per heavy atom. The molecule has 0 amide bonds. The van der Waals surface area contributed by atoms with Crippen LogP contribution in [0.25, 0.3) is 0 Å². The number of thioether (sulfide) groups is 1. The highest BCUT2D eigenvalue weighted by Crippen LogP contribution is 2.28. The molecule has 3 rings (SSSR count). The first-order valence-corrected chi connectivity index (χ1v) is 8.97. The Labute approximate surface area is 155 Å². The van der Waals surface area contributed by atoms with Gasteiger partial charge in [0.1, 0.15) is 11.5 Å². The second-order valence-electron chi connectivity index (χ2n) is 5.31. The first kappa shape index (κ1) is 17.6. The van der Waals surface area contributed by atoms with Gasteiger partial charge in [0.2, 0.25) is 0 Å². The Balaban J connectivity index is 1.56. The van der Waals surface area contributed by atoms with Crippen LogP contribution in [0.1, 0.15) is 17.0 Å². The van der Waals surface area contributed by atoms with Crippen molar-refractivity contribution in [2.24, 2.45) is 0 Å². The van der Waals surface area contributed by atoms with E-state index in [1.165, 1.54) is 17.3 Å². The van der Waals surface area contributed by atoms with Gasteiger partial charge in [-0.3, -0.25) is 0 Å². The number of hydrogen-bond acceptors (Lipinski definition) is 6. The quantitative estimate of drug-likeness (QED) is 0.546. The molecule has 1 heterocycles. The fourth-order valence-electron chi connectivity index (χ4n) is 2.19. The van der Waals surface area contributed by atoms with Crippen molar-refractivity contribution in [2.45, 2.75) is 24.5 Å². The van der Waals surface area contributed by atoms with Crippen molar-refractivity contribution in [2.75, 3.05) is 7.11 Å². The van der Waals surface area contributed by atoms with Gasteiger partial charge in [0.05, 0.1) is 7.11 Å². The number of benzene rings is 2. The van der Waals surface area contributed by atoms with Gasteiger partial charge in [-0.15, -0.1) is 10.2 Å². The van der Waals surface area contributed by atoms with Crippen molar-refractivity contribution in [3.05, 3.63) is 64.5 Å². The van der Waals surface area contributed by atoms with Crippen LogP contribution in [-0.2, 0) is 12.4 Å². The van der Waals surface area contributed by atoms with Gasteiger partial charge in [-0.25, -0.2) is 0 Å². The summed E-state index contributed by atoms with van der Waals surface area (Å²) in [6, 6.07) is 13.2. The molecule has 0 saturated carbocycles. The van der Waals surface area contributed by atoms with Crippen molar-refractivity contribution in [1.82, 2.24) is 10.2 Å². The number of nitrogens with zero attached hydrogens (tertiary/aromatic N) is 2. The lowest BCUT2D eigenvalue weighted by Gasteiger charge is -2.07. The summed E-state index contributed by atoms with van der Waals surface area (Å²) in [7, 11) is 1.66. The molecule has 0 N–H and O–H groups in total. The molecule has 0 spiro atoms. The van der Waals surface area contributed by atoms with E-state index in [1.807, 2.05) is 19.1 Å². The molecule has 1 aromatic heterocycles. The van der Waals surface area contributed by atoms with Crippen LogP contribution in [0.2, 0.25) is 5.02 Å². The SMILES string of the molecule is COc1ccc(C)cc1CSc1nnc(COc2ccc(Cl)cc2)o1. The van der Waals surface area contributed by atoms with Crippen molar-refractivity contribution >= 4 is 23.4 Å². The van der Waals surface area contributed by atoms with Gasteiger partial charge in [-0.1, -0.05) is 41.1 Å². The molecule has 0 saturated heterocycles. The van der Waals surface area contributed by atoms with E-state index in [1.54, 1.807) is 31.4 Å². The third-order valence-electron chi connectivity index (χ3n) is 3.41. The lowest BCUT2D eigenvalue weighted by atomic mass is 10.1. The average molecular weight is 377 g/mol. The highest BCUT2D eigenvalue weighted by molar-refractivity contribution is 7.98. The molecule has 5 nitrogen and oxygen atoms in total. The van der Waals surface area contributed by atoms with Gasteiger partial charge in [0.15, 0.2) is 6.61 Å². The standard InChI is InChI=1S/C18H17ClN2O3S/c1-12-3-8-16(22-2)13(9-12)11-25-18-21-20-17(24-18)10-23-15-6-4-14(19)5-7-15/h3-9H,10-11H2,1-2H3. The van der Waals surface area contributed by atoms with Gasteiger partial charge >= 0.3 is 0 Å². The van der Waals surface area contributed by atoms with E-state index >= 15 is 0 Å². The zero-order chi connectivity index (χ0) is 17.6. The second kappa shape index (κ2) is 8.27. The van der Waals surface area contributed by atoms with Crippen molar-refractivity contribution in [3.63, 3.8) is 0 Å². The first-order valence-electron chi connectivity index (χ1n) is 7.61. The maximum Gasteiger partial charge on any atom is 0.277 e. The Hall–Kier alpha value is -2.18. The molecule has 25 heavy (non-hydrogen) atoms. The van der Waals surface area contributed by atoms with Gasteiger partial charge in [0.25, 0.3) is 11.1 Å². The number of halogens is 1. The lowest BCUT2D eigenvalue weighted by molar-refractivity contribution is 0.252. The maximum atomic E-state index is 5.84. The molecule has 2 aromatic carbocycles. The molecule has 0 aliphatic rings. The molecule has 0 unspecified atom stereocenters. The van der Waals surface area contributed by atoms with Gasteiger partial charge < -0.3 is 13.9 Å². The normalized spacial score (nSPS) is 10.7. The van der Waals surface area contributed by atoms with E-state index in [9.17, 15) is 0 Å². The summed E-state index contributed by atoms with van der Waals surface area (Å²) in [5.41, 5.74) is 2.27. The van der Waals surface area contributed by atoms with Crippen molar-refractivity contribution in [3.8, 4) is 11.5 Å². The van der Waals surface area contributed by atoms with Crippen LogP contribution in [0, 0.1) is 6.92 Å². The smallest absolute Gasteiger partial charge is 0.277 e. The van der Waals surface area contributed by atoms with Gasteiger partial charge in [-0.2, -0.15) is 0 Å². The summed E-state index contributed by atoms with van der Waals surface area (Å²) >= 11 is 7.30. The Morgan fingerprint density at radius 1 is 1.12 bits per heavy atom. The molecule has 0 aliphatic heterocycles. The van der Waals surface area contributed by atoms with Crippen LogP contribution in [0.4, 0.5) is 0 Å². The van der Waals surface area contributed by atoms with Crippen LogP contribution < -0.4 is 9.47 Å². The molecule has 7 heteroatoms. The Morgan fingerprint density at radius 3 is 2.68 bits per heavy atom. The summed E-state index contributed by atoms with van der Waals surface area (Å²) in [5.74, 6) is 2.66. The maximum absolute atomic E-state index is 5.84. The fourth-order valence-corrected chi connectivity index (χ4v) is 3.07. The third kappa shape index (κ3) is 4.90. The predicted molar refractivity (Wildman–Crippen MR) is 97.4 cm³/mol. The minimum atomic E-state index is 0.211. The fraction of sp³-hybridized carbons (Fsp3) is 0.222. The Bertz CT molecular complexity index is 837. The topological polar surface area (TPSA) is 57.4 Å². The highest BCUT2D eigenvalue weighted by Gasteiger charge is 2.10. The minimum absolute atomic E-state index is 0.211. The lowest BCUT2D eigenvalue weighted by Crippen LogP contribution is -1.95. The number of hydrogen-bond donors (Lipinski definition) is 0. The number of rotatable bonds is 7. The number of aryl methyl sites for hydroxylation is 1. The summed E-state index contributed by atoms with van der Waals surface area (Å²) < 4.78 is 16.6. The average Bonchev–Trinajstić information content (AvgIpc) is 3.07. The van der Waals surface area contributed by atoms with Gasteiger partial charge in [-0.05, 0) is 37.3 Å². The predicted octanol–water partition coefficient (Wildman–Crippen LogP) is 4.91. The summed E-state index contributed by atoms with van der Waals surface area (Å²) in [6.45, 7) is 2.26. The van der Waals surface area contributed by atoms with E-state index in [4.69, 9.17) is 25.5 Å². The second-order valence-corrected chi connectivity index (χ2v) is 6.67. The molecular weight excluding hydrogens is 360 g/mol. The molecule has 130 valence electrons. The molecular formula is C18H17ClN2O3S. The van der Waals surface area contributed by atoms with Crippen molar-refractivity contribution < 1.29 is 13.9 Å². The van der Waals surface area contributed by atoms with E-state index in [0.29, 0.717) is 27.6 Å². The third-order valence-corrected chi connectivity index (χ3v) is 4.53. The molecule has 3 aromatic rings. The molecule has 0 aliphatic carbocycles. The molecule has 0 fully saturated rings. The van der Waals surface area contributed by atoms with E-state index in [-0.39, 0.29) is 6.61 Å². The first-order chi connectivity index (χ1) is 12.1. The van der Waals surface area contributed by atoms with Crippen LogP contribution in [0.15, 0.2) is 52.1 Å². The Kier molecular flexibility index (Phi) is 5.83. The van der Waals surface area contributed by atoms with E-state index < -0.39 is 0 Å². The summed E-state index contributed by atoms with van der Waals surface area (Å²) in [4.78, 5) is 0. The number of methoxy groups -OCH3 is 1.